The van der Waals surface area contributed by atoms with Gasteiger partial charge in [-0.15, -0.1) is 0 Å². The van der Waals surface area contributed by atoms with Gasteiger partial charge in [0.15, 0.2) is 0 Å². The first-order valence-corrected chi connectivity index (χ1v) is 34.0. The SMILES string of the molecule is C1=C/COCC(OCc2ccccc2)[C@@H](OCc2ccccc2)[C@H](OCc2ccccc2)C(OCc2ccccc2)[C@H](OCc2ccccc2)C(OCc2ccccc2)[C@@H](OCc2ccccc2)[C@@H](OCc2ccccc2)[C@H](OCc2ccccc2)C(OCc2ccccc2)COC/1. The van der Waals surface area contributed by atoms with Gasteiger partial charge >= 0.3 is 0 Å². The van der Waals surface area contributed by atoms with Crippen LogP contribution in [0.3, 0.4) is 0 Å². The topological polar surface area (TPSA) is 111 Å². The predicted octanol–water partition coefficient (Wildman–Crippen LogP) is 16.4. The lowest BCUT2D eigenvalue weighted by atomic mass is 9.88. The molecule has 1 aliphatic rings. The molecule has 1 aliphatic heterocycles. The second kappa shape index (κ2) is 40.4. The number of hydrogen-bond donors (Lipinski definition) is 0. The molecule has 0 aliphatic carbocycles. The number of benzene rings is 10. The van der Waals surface area contributed by atoms with Crippen molar-refractivity contribution in [2.75, 3.05) is 26.4 Å². The number of rotatable bonds is 30. The van der Waals surface area contributed by atoms with Crippen LogP contribution in [0.25, 0.3) is 0 Å². The first-order valence-electron chi connectivity index (χ1n) is 34.0. The third kappa shape index (κ3) is 23.0. The Morgan fingerprint density at radius 2 is 0.327 bits per heavy atom. The molecule has 98 heavy (non-hydrogen) atoms. The molecule has 1 heterocycles. The van der Waals surface area contributed by atoms with Crippen LogP contribution in [0.1, 0.15) is 55.6 Å². The van der Waals surface area contributed by atoms with Crippen LogP contribution in [0.2, 0.25) is 0 Å². The Morgan fingerprint density at radius 3 is 0.500 bits per heavy atom. The zero-order valence-electron chi connectivity index (χ0n) is 55.6. The van der Waals surface area contributed by atoms with Gasteiger partial charge in [0.2, 0.25) is 0 Å². The molecule has 4 unspecified atom stereocenters. The predicted molar refractivity (Wildman–Crippen MR) is 381 cm³/mol. The highest BCUT2D eigenvalue weighted by Gasteiger charge is 2.52. The van der Waals surface area contributed by atoms with Crippen LogP contribution in [0.15, 0.2) is 315 Å². The van der Waals surface area contributed by atoms with Crippen LogP contribution >= 0.6 is 0 Å². The molecular formula is C86H90O12. The summed E-state index contributed by atoms with van der Waals surface area (Å²) in [4.78, 5) is 0. The molecule has 0 bridgehead atoms. The molecule has 0 radical (unpaired) electrons. The van der Waals surface area contributed by atoms with E-state index in [1.807, 2.05) is 194 Å². The van der Waals surface area contributed by atoms with E-state index in [0.29, 0.717) is 0 Å². The zero-order chi connectivity index (χ0) is 66.7. The van der Waals surface area contributed by atoms with Crippen molar-refractivity contribution in [2.45, 2.75) is 127 Å². The van der Waals surface area contributed by atoms with E-state index in [1.165, 1.54) is 0 Å². The fourth-order valence-corrected chi connectivity index (χ4v) is 11.9. The van der Waals surface area contributed by atoms with E-state index in [4.69, 9.17) is 56.8 Å². The van der Waals surface area contributed by atoms with Gasteiger partial charge in [-0.3, -0.25) is 0 Å². The van der Waals surface area contributed by atoms with Crippen LogP contribution in [-0.4, -0.2) is 87.5 Å². The minimum Gasteiger partial charge on any atom is -0.375 e. The van der Waals surface area contributed by atoms with Crippen molar-refractivity contribution >= 4 is 0 Å². The van der Waals surface area contributed by atoms with E-state index in [1.54, 1.807) is 0 Å². The van der Waals surface area contributed by atoms with Crippen LogP contribution in [-0.2, 0) is 123 Å². The molecule has 0 fully saturated rings. The monoisotopic (exact) mass is 1310 g/mol. The normalized spacial score (nSPS) is 21.5. The second-order valence-electron chi connectivity index (χ2n) is 24.3. The van der Waals surface area contributed by atoms with Crippen molar-refractivity contribution in [3.63, 3.8) is 0 Å². The standard InChI is InChI=1S/C86H90O12/c1-11-33-67(34-12-1)55-89-77-65-87-53-31-32-54-88-66-78(90-56-68-35-13-2-14-36-68)80(92-58-70-39-17-4-18-40-70)82(94-60-72-43-21-6-22-44-72)84(96-62-74-47-25-8-26-48-74)86(98-64-76-51-29-10-30-52-76)85(97-63-75-49-27-9-28-50-75)83(95-61-73-45-23-7-24-46-73)81(93-59-71-41-19-5-20-42-71)79(77)91-57-69-37-15-3-16-38-69/h1-52,77-86H,53-66H2/b32-31+/t77?,78?,79-,80-,81+,82+,83+,84?,85?,86+/m1/s1. The summed E-state index contributed by atoms with van der Waals surface area (Å²) in [6.07, 6.45) is -6.06. The van der Waals surface area contributed by atoms with Gasteiger partial charge in [0.05, 0.1) is 92.5 Å². The average Bonchev–Trinajstić information content (AvgIpc) is 0.787. The summed E-state index contributed by atoms with van der Waals surface area (Å²) in [6.45, 7) is 2.20. The first-order chi connectivity index (χ1) is 48.6. The highest BCUT2D eigenvalue weighted by molar-refractivity contribution is 5.22. The second-order valence-corrected chi connectivity index (χ2v) is 24.3. The Kier molecular flexibility index (Phi) is 29.2. The van der Waals surface area contributed by atoms with E-state index >= 15 is 0 Å². The summed E-state index contributed by atoms with van der Waals surface area (Å²) in [6, 6.07) is 102. The largest absolute Gasteiger partial charge is 0.375 e. The fourth-order valence-electron chi connectivity index (χ4n) is 11.9. The van der Waals surface area contributed by atoms with Crippen LogP contribution in [0.5, 0.6) is 0 Å². The summed E-state index contributed by atoms with van der Waals surface area (Å²) >= 11 is 0. The van der Waals surface area contributed by atoms with Gasteiger partial charge in [0.25, 0.3) is 0 Å². The highest BCUT2D eigenvalue weighted by Crippen LogP contribution is 2.35. The molecule has 0 amide bonds. The molecular weight excluding hydrogens is 1220 g/mol. The van der Waals surface area contributed by atoms with Crippen molar-refractivity contribution in [2.24, 2.45) is 0 Å². The Hall–Kier alpha value is -8.54. The van der Waals surface area contributed by atoms with Crippen molar-refractivity contribution in [3.05, 3.63) is 371 Å². The summed E-state index contributed by atoms with van der Waals surface area (Å²) in [7, 11) is 0. The van der Waals surface area contributed by atoms with Gasteiger partial charge in [-0.25, -0.2) is 0 Å². The van der Waals surface area contributed by atoms with Gasteiger partial charge in [-0.05, 0) is 55.6 Å². The Balaban J connectivity index is 1.18. The molecule has 12 heteroatoms. The molecule has 0 saturated heterocycles. The molecule has 0 saturated carbocycles. The maximum atomic E-state index is 7.86. The van der Waals surface area contributed by atoms with E-state index in [2.05, 4.69) is 121 Å². The van der Waals surface area contributed by atoms with E-state index in [-0.39, 0.29) is 92.5 Å². The maximum absolute atomic E-state index is 7.86. The summed E-state index contributed by atoms with van der Waals surface area (Å²) in [5.41, 5.74) is 9.34. The third-order valence-electron chi connectivity index (χ3n) is 17.1. The Morgan fingerprint density at radius 1 is 0.184 bits per heavy atom. The van der Waals surface area contributed by atoms with E-state index in [9.17, 15) is 0 Å². The van der Waals surface area contributed by atoms with Crippen molar-refractivity contribution in [3.8, 4) is 0 Å². The summed E-state index contributed by atoms with van der Waals surface area (Å²) in [5.74, 6) is 0. The lowest BCUT2D eigenvalue weighted by Gasteiger charge is -2.46. The van der Waals surface area contributed by atoms with Gasteiger partial charge in [-0.2, -0.15) is 0 Å². The van der Waals surface area contributed by atoms with Gasteiger partial charge in [0.1, 0.15) is 61.0 Å². The molecule has 506 valence electrons. The van der Waals surface area contributed by atoms with E-state index in [0.717, 1.165) is 55.6 Å². The minimum atomic E-state index is -1.12. The smallest absolute Gasteiger partial charge is 0.116 e. The fraction of sp³-hybridized carbons (Fsp3) is 0.279. The zero-order valence-corrected chi connectivity index (χ0v) is 55.6. The molecule has 10 aromatic carbocycles. The molecule has 0 aromatic heterocycles. The first kappa shape index (κ1) is 70.8. The van der Waals surface area contributed by atoms with Gasteiger partial charge < -0.3 is 56.8 Å². The van der Waals surface area contributed by atoms with Gasteiger partial charge in [-0.1, -0.05) is 315 Å². The molecule has 12 nitrogen and oxygen atoms in total. The Labute approximate surface area is 578 Å². The minimum absolute atomic E-state index is 0.0889. The number of hydrogen-bond acceptors (Lipinski definition) is 12. The number of ether oxygens (including phenoxy) is 12. The van der Waals surface area contributed by atoms with Crippen molar-refractivity contribution < 1.29 is 56.8 Å². The van der Waals surface area contributed by atoms with Crippen LogP contribution in [0, 0.1) is 0 Å². The maximum Gasteiger partial charge on any atom is 0.116 e. The molecule has 0 spiro atoms. The van der Waals surface area contributed by atoms with Crippen LogP contribution in [0.4, 0.5) is 0 Å². The Bertz CT molecular complexity index is 3470. The highest BCUT2D eigenvalue weighted by atomic mass is 16.6. The van der Waals surface area contributed by atoms with Gasteiger partial charge in [0, 0.05) is 0 Å². The molecule has 0 N–H and O–H groups in total. The lowest BCUT2D eigenvalue weighted by Crippen LogP contribution is -2.62. The lowest BCUT2D eigenvalue weighted by molar-refractivity contribution is -0.266. The summed E-state index contributed by atoms with van der Waals surface area (Å²) < 4.78 is 89.9. The third-order valence-corrected chi connectivity index (χ3v) is 17.1. The average molecular weight is 1320 g/mol. The molecule has 10 atom stereocenters. The van der Waals surface area contributed by atoms with Crippen molar-refractivity contribution in [1.82, 2.24) is 0 Å². The quantitative estimate of drug-likeness (QED) is 0.0400. The molecule has 11 rings (SSSR count). The summed E-state index contributed by atoms with van der Waals surface area (Å²) in [5, 5.41) is 0. The van der Waals surface area contributed by atoms with E-state index < -0.39 is 61.0 Å². The molecule has 10 aromatic rings. The van der Waals surface area contributed by atoms with Crippen LogP contribution < -0.4 is 0 Å². The van der Waals surface area contributed by atoms with Crippen molar-refractivity contribution in [1.29, 1.82) is 0 Å².